The lowest BCUT2D eigenvalue weighted by molar-refractivity contribution is -0.122. The molecule has 176 valence electrons. The van der Waals surface area contributed by atoms with E-state index >= 15 is 0 Å². The highest BCUT2D eigenvalue weighted by atomic mass is 19.1. The SMILES string of the molecule is C=CCc1cc(/C=C2\C(=O)NC(=O)N(c3ccc(F)cc3)C2=O)ccc1OCc1ccccc1F. The van der Waals surface area contributed by atoms with Gasteiger partial charge in [0.05, 0.1) is 5.69 Å². The Kier molecular flexibility index (Phi) is 6.82. The summed E-state index contributed by atoms with van der Waals surface area (Å²) in [5.41, 5.74) is 1.47. The second-order valence-electron chi connectivity index (χ2n) is 7.67. The molecule has 0 bridgehead atoms. The molecule has 1 aliphatic heterocycles. The Morgan fingerprint density at radius 2 is 1.69 bits per heavy atom. The number of imide groups is 2. The van der Waals surface area contributed by atoms with Crippen molar-refractivity contribution in [2.24, 2.45) is 0 Å². The van der Waals surface area contributed by atoms with Crippen LogP contribution in [0.25, 0.3) is 6.08 Å². The summed E-state index contributed by atoms with van der Waals surface area (Å²) in [7, 11) is 0. The van der Waals surface area contributed by atoms with E-state index in [9.17, 15) is 23.2 Å². The predicted octanol–water partition coefficient (Wildman–Crippen LogP) is 4.94. The Morgan fingerprint density at radius 3 is 2.40 bits per heavy atom. The molecule has 4 amide bonds. The summed E-state index contributed by atoms with van der Waals surface area (Å²) < 4.78 is 33.0. The van der Waals surface area contributed by atoms with Crippen LogP contribution in [0.5, 0.6) is 5.75 Å². The van der Waals surface area contributed by atoms with Crippen molar-refractivity contribution in [2.75, 3.05) is 4.90 Å². The number of nitrogens with zero attached hydrogens (tertiary/aromatic N) is 1. The van der Waals surface area contributed by atoms with Gasteiger partial charge in [0.15, 0.2) is 0 Å². The van der Waals surface area contributed by atoms with E-state index in [1.807, 2.05) is 0 Å². The van der Waals surface area contributed by atoms with Crippen LogP contribution < -0.4 is 15.0 Å². The zero-order valence-electron chi connectivity index (χ0n) is 18.5. The van der Waals surface area contributed by atoms with E-state index in [4.69, 9.17) is 4.74 Å². The van der Waals surface area contributed by atoms with Crippen LogP contribution in [0.2, 0.25) is 0 Å². The van der Waals surface area contributed by atoms with Crippen LogP contribution in [0.15, 0.2) is 85.0 Å². The van der Waals surface area contributed by atoms with Gasteiger partial charge in [0, 0.05) is 5.56 Å². The molecule has 0 saturated carbocycles. The van der Waals surface area contributed by atoms with Gasteiger partial charge in [-0.05, 0) is 66.1 Å². The summed E-state index contributed by atoms with van der Waals surface area (Å²) in [4.78, 5) is 38.5. The molecule has 0 unspecified atom stereocenters. The first-order valence-electron chi connectivity index (χ1n) is 10.6. The highest BCUT2D eigenvalue weighted by Gasteiger charge is 2.36. The van der Waals surface area contributed by atoms with Gasteiger partial charge in [0.1, 0.15) is 29.6 Å². The summed E-state index contributed by atoms with van der Waals surface area (Å²) in [6.45, 7) is 3.76. The van der Waals surface area contributed by atoms with E-state index in [0.717, 1.165) is 17.0 Å². The number of carbonyl (C=O) groups excluding carboxylic acids is 3. The van der Waals surface area contributed by atoms with Crippen molar-refractivity contribution in [3.05, 3.63) is 113 Å². The number of urea groups is 1. The number of carbonyl (C=O) groups is 3. The number of ether oxygens (including phenoxy) is 1. The fourth-order valence-electron chi connectivity index (χ4n) is 3.56. The second-order valence-corrected chi connectivity index (χ2v) is 7.67. The maximum Gasteiger partial charge on any atom is 0.335 e. The third-order valence-electron chi connectivity index (χ3n) is 5.29. The minimum Gasteiger partial charge on any atom is -0.489 e. The largest absolute Gasteiger partial charge is 0.489 e. The van der Waals surface area contributed by atoms with Crippen molar-refractivity contribution >= 4 is 29.6 Å². The number of anilines is 1. The first-order valence-corrected chi connectivity index (χ1v) is 10.6. The second kappa shape index (κ2) is 10.1. The molecule has 4 rings (SSSR count). The highest BCUT2D eigenvalue weighted by Crippen LogP contribution is 2.26. The normalized spacial score (nSPS) is 14.7. The number of barbiturate groups is 1. The molecule has 0 spiro atoms. The fraction of sp³-hybridized carbons (Fsp3) is 0.0741. The number of hydrogen-bond donors (Lipinski definition) is 1. The van der Waals surface area contributed by atoms with Gasteiger partial charge in [-0.25, -0.2) is 18.5 Å². The van der Waals surface area contributed by atoms with Gasteiger partial charge < -0.3 is 4.74 Å². The number of benzene rings is 3. The molecule has 3 aromatic rings. The predicted molar refractivity (Wildman–Crippen MR) is 126 cm³/mol. The van der Waals surface area contributed by atoms with Crippen LogP contribution in [0, 0.1) is 11.6 Å². The molecular formula is C27H20F2N2O4. The molecule has 1 aliphatic rings. The average Bonchev–Trinajstić information content (AvgIpc) is 2.83. The number of hydrogen-bond acceptors (Lipinski definition) is 4. The minimum absolute atomic E-state index is 0.0207. The van der Waals surface area contributed by atoms with E-state index in [2.05, 4.69) is 11.9 Å². The summed E-state index contributed by atoms with van der Waals surface area (Å²) in [5, 5.41) is 2.13. The van der Waals surface area contributed by atoms with Gasteiger partial charge in [0.25, 0.3) is 11.8 Å². The van der Waals surface area contributed by atoms with Crippen molar-refractivity contribution in [3.8, 4) is 5.75 Å². The molecule has 1 N–H and O–H groups in total. The smallest absolute Gasteiger partial charge is 0.335 e. The van der Waals surface area contributed by atoms with Gasteiger partial charge in [-0.1, -0.05) is 30.3 Å². The summed E-state index contributed by atoms with van der Waals surface area (Å²) in [6.07, 6.45) is 3.44. The minimum atomic E-state index is -0.923. The van der Waals surface area contributed by atoms with Gasteiger partial charge in [-0.15, -0.1) is 6.58 Å². The third-order valence-corrected chi connectivity index (χ3v) is 5.29. The first-order chi connectivity index (χ1) is 16.9. The highest BCUT2D eigenvalue weighted by molar-refractivity contribution is 6.39. The lowest BCUT2D eigenvalue weighted by Gasteiger charge is -2.26. The molecule has 1 saturated heterocycles. The fourth-order valence-corrected chi connectivity index (χ4v) is 3.56. The standard InChI is InChI=1S/C27H20F2N2O4/c1-2-5-18-14-17(8-13-24(18)35-16-19-6-3-4-7-23(19)29)15-22-25(32)30-27(34)31(26(22)33)21-11-9-20(28)10-12-21/h2-4,6-15H,1,5,16H2,(H,30,32,34)/b22-15+. The van der Waals surface area contributed by atoms with Crippen molar-refractivity contribution in [2.45, 2.75) is 13.0 Å². The number of rotatable bonds is 7. The molecule has 3 aromatic carbocycles. The van der Waals surface area contributed by atoms with Crippen LogP contribution in [-0.2, 0) is 22.6 Å². The van der Waals surface area contributed by atoms with Crippen molar-refractivity contribution < 1.29 is 27.9 Å². The quantitative estimate of drug-likeness (QED) is 0.299. The molecule has 1 fully saturated rings. The van der Waals surface area contributed by atoms with Gasteiger partial charge in [0.2, 0.25) is 0 Å². The van der Waals surface area contributed by atoms with Gasteiger partial charge in [-0.2, -0.15) is 0 Å². The molecule has 0 aromatic heterocycles. The maximum atomic E-state index is 13.9. The molecule has 0 radical (unpaired) electrons. The summed E-state index contributed by atoms with van der Waals surface area (Å²) >= 11 is 0. The van der Waals surface area contributed by atoms with Crippen molar-refractivity contribution in [3.63, 3.8) is 0 Å². The van der Waals surface area contributed by atoms with E-state index < -0.39 is 23.7 Å². The van der Waals surface area contributed by atoms with E-state index in [1.165, 1.54) is 24.3 Å². The zero-order chi connectivity index (χ0) is 24.9. The van der Waals surface area contributed by atoms with Crippen LogP contribution in [0.1, 0.15) is 16.7 Å². The Labute approximate surface area is 200 Å². The number of halogens is 2. The van der Waals surface area contributed by atoms with Crippen LogP contribution in [0.4, 0.5) is 19.3 Å². The van der Waals surface area contributed by atoms with Crippen LogP contribution >= 0.6 is 0 Å². The topological polar surface area (TPSA) is 75.7 Å². The molecule has 0 atom stereocenters. The first kappa shape index (κ1) is 23.6. The molecule has 0 aliphatic carbocycles. The van der Waals surface area contributed by atoms with Crippen molar-refractivity contribution in [1.29, 1.82) is 0 Å². The zero-order valence-corrected chi connectivity index (χ0v) is 18.5. The Morgan fingerprint density at radius 1 is 0.943 bits per heavy atom. The van der Waals surface area contributed by atoms with E-state index in [0.29, 0.717) is 28.9 Å². The van der Waals surface area contributed by atoms with Gasteiger partial charge in [-0.3, -0.25) is 14.9 Å². The lowest BCUT2D eigenvalue weighted by atomic mass is 10.0. The lowest BCUT2D eigenvalue weighted by Crippen LogP contribution is -2.54. The van der Waals surface area contributed by atoms with Crippen LogP contribution in [-0.4, -0.2) is 17.8 Å². The molecule has 8 heteroatoms. The van der Waals surface area contributed by atoms with Gasteiger partial charge >= 0.3 is 6.03 Å². The summed E-state index contributed by atoms with van der Waals surface area (Å²) in [6, 6.07) is 15.1. The summed E-state index contributed by atoms with van der Waals surface area (Å²) in [5.74, 6) is -2.09. The monoisotopic (exact) mass is 474 g/mol. The van der Waals surface area contributed by atoms with Crippen LogP contribution in [0.3, 0.4) is 0 Å². The third kappa shape index (κ3) is 5.16. The van der Waals surface area contributed by atoms with Crippen molar-refractivity contribution in [1.82, 2.24) is 5.32 Å². The molecule has 35 heavy (non-hydrogen) atoms. The number of allylic oxidation sites excluding steroid dienone is 1. The Balaban J connectivity index is 1.62. The number of nitrogens with one attached hydrogen (secondary N) is 1. The Hall–Kier alpha value is -4.59. The molecular weight excluding hydrogens is 454 g/mol. The van der Waals surface area contributed by atoms with E-state index in [-0.39, 0.29) is 23.7 Å². The molecule has 1 heterocycles. The molecule has 6 nitrogen and oxygen atoms in total. The van der Waals surface area contributed by atoms with E-state index in [1.54, 1.807) is 42.5 Å². The maximum absolute atomic E-state index is 13.9. The average molecular weight is 474 g/mol. The number of amides is 4. The Bertz CT molecular complexity index is 1350.